The van der Waals surface area contributed by atoms with Gasteiger partial charge < -0.3 is 0 Å². The fourth-order valence-corrected chi connectivity index (χ4v) is 5.17. The molecule has 66 valence electrons. The summed E-state index contributed by atoms with van der Waals surface area (Å²) in [7, 11) is -0.593. The fraction of sp³-hybridized carbons (Fsp3) is 1.00. The van der Waals surface area contributed by atoms with Gasteiger partial charge in [-0.1, -0.05) is 20.3 Å². The largest absolute Gasteiger partial charge is 0.258 e. The molecule has 0 aromatic heterocycles. The molecular formula is C8H16OS2. The van der Waals surface area contributed by atoms with Gasteiger partial charge in [-0.25, -0.2) is 0 Å². The molecule has 0 saturated carbocycles. The monoisotopic (exact) mass is 192 g/mol. The third-order valence-corrected chi connectivity index (χ3v) is 7.05. The Labute approximate surface area is 75.8 Å². The molecule has 1 unspecified atom stereocenters. The molecule has 1 aliphatic rings. The van der Waals surface area contributed by atoms with Crippen LogP contribution in [0.25, 0.3) is 0 Å². The first-order valence-electron chi connectivity index (χ1n) is 4.13. The summed E-state index contributed by atoms with van der Waals surface area (Å²) in [6.45, 7) is 6.52. The van der Waals surface area contributed by atoms with E-state index < -0.39 is 10.8 Å². The van der Waals surface area contributed by atoms with Gasteiger partial charge in [0, 0.05) is 22.3 Å². The van der Waals surface area contributed by atoms with E-state index in [1.807, 2.05) is 11.8 Å². The zero-order valence-corrected chi connectivity index (χ0v) is 9.06. The number of rotatable bonds is 2. The van der Waals surface area contributed by atoms with Gasteiger partial charge in [0.15, 0.2) is 0 Å². The van der Waals surface area contributed by atoms with Gasteiger partial charge in [-0.15, -0.1) is 11.8 Å². The van der Waals surface area contributed by atoms with Crippen molar-refractivity contribution in [2.45, 2.75) is 31.3 Å². The van der Waals surface area contributed by atoms with Crippen molar-refractivity contribution in [1.82, 2.24) is 0 Å². The second kappa shape index (κ2) is 3.48. The first-order chi connectivity index (χ1) is 5.11. The molecule has 1 heterocycles. The Bertz CT molecular complexity index is 169. The van der Waals surface area contributed by atoms with E-state index in [0.29, 0.717) is 5.92 Å². The van der Waals surface area contributed by atoms with Crippen molar-refractivity contribution in [1.29, 1.82) is 0 Å². The zero-order chi connectivity index (χ0) is 8.48. The van der Waals surface area contributed by atoms with Crippen LogP contribution in [0.1, 0.15) is 27.2 Å². The summed E-state index contributed by atoms with van der Waals surface area (Å²) in [4.78, 5) is 0. The average molecular weight is 192 g/mol. The van der Waals surface area contributed by atoms with Gasteiger partial charge in [0.25, 0.3) is 0 Å². The van der Waals surface area contributed by atoms with E-state index in [-0.39, 0.29) is 4.08 Å². The normalized spacial score (nSPS) is 40.8. The number of hydrogen-bond acceptors (Lipinski definition) is 2. The summed E-state index contributed by atoms with van der Waals surface area (Å²) < 4.78 is 11.6. The van der Waals surface area contributed by atoms with Crippen molar-refractivity contribution in [2.75, 3.05) is 11.5 Å². The van der Waals surface area contributed by atoms with Crippen LogP contribution >= 0.6 is 11.8 Å². The molecule has 3 atom stereocenters. The lowest BCUT2D eigenvalue weighted by Gasteiger charge is -2.27. The maximum atomic E-state index is 11.6. The zero-order valence-electron chi connectivity index (χ0n) is 7.42. The Kier molecular flexibility index (Phi) is 3.03. The van der Waals surface area contributed by atoms with E-state index in [1.165, 1.54) is 0 Å². The van der Waals surface area contributed by atoms with Gasteiger partial charge in [-0.2, -0.15) is 0 Å². The minimum atomic E-state index is -0.593. The summed E-state index contributed by atoms with van der Waals surface area (Å²) in [5.74, 6) is 2.55. The van der Waals surface area contributed by atoms with Crippen LogP contribution in [0.15, 0.2) is 0 Å². The first-order valence-corrected chi connectivity index (χ1v) is 6.44. The Morgan fingerprint density at radius 1 is 1.73 bits per heavy atom. The molecular weight excluding hydrogens is 176 g/mol. The topological polar surface area (TPSA) is 17.1 Å². The Hall–Kier alpha value is 0.500. The van der Waals surface area contributed by atoms with Crippen molar-refractivity contribution in [3.63, 3.8) is 0 Å². The lowest BCUT2D eigenvalue weighted by Crippen LogP contribution is -2.30. The lowest BCUT2D eigenvalue weighted by atomic mass is 10.1. The van der Waals surface area contributed by atoms with Crippen molar-refractivity contribution >= 4 is 22.6 Å². The van der Waals surface area contributed by atoms with Crippen LogP contribution in [0.4, 0.5) is 0 Å². The second-order valence-electron chi connectivity index (χ2n) is 3.22. The smallest absolute Gasteiger partial charge is 0.0906 e. The molecule has 1 rings (SSSR count). The van der Waals surface area contributed by atoms with Gasteiger partial charge in [0.2, 0.25) is 0 Å². The van der Waals surface area contributed by atoms with Crippen LogP contribution in [0.5, 0.6) is 0 Å². The van der Waals surface area contributed by atoms with Crippen molar-refractivity contribution in [3.8, 4) is 0 Å². The van der Waals surface area contributed by atoms with Crippen molar-refractivity contribution in [3.05, 3.63) is 0 Å². The molecule has 0 bridgehead atoms. The SMILES string of the molecule is CCC(C)[C@@]1(C)SCC[S@]1=O. The van der Waals surface area contributed by atoms with E-state index in [1.54, 1.807) is 0 Å². The highest BCUT2D eigenvalue weighted by Gasteiger charge is 2.40. The van der Waals surface area contributed by atoms with Crippen molar-refractivity contribution < 1.29 is 4.21 Å². The summed E-state index contributed by atoms with van der Waals surface area (Å²) in [5, 5.41) is 0. The van der Waals surface area contributed by atoms with Crippen LogP contribution in [0, 0.1) is 5.92 Å². The highest BCUT2D eigenvalue weighted by molar-refractivity contribution is 8.15. The molecule has 3 heteroatoms. The summed E-state index contributed by atoms with van der Waals surface area (Å²) in [6.07, 6.45) is 1.13. The first kappa shape index (κ1) is 9.59. The number of thioether (sulfide) groups is 1. The molecule has 1 aliphatic heterocycles. The Morgan fingerprint density at radius 3 is 2.73 bits per heavy atom. The van der Waals surface area contributed by atoms with Crippen LogP contribution in [-0.2, 0) is 10.8 Å². The highest BCUT2D eigenvalue weighted by Crippen LogP contribution is 2.42. The van der Waals surface area contributed by atoms with Crippen LogP contribution in [0.3, 0.4) is 0 Å². The van der Waals surface area contributed by atoms with Gasteiger partial charge in [-0.3, -0.25) is 4.21 Å². The van der Waals surface area contributed by atoms with Crippen LogP contribution < -0.4 is 0 Å². The Balaban J connectivity index is 2.72. The van der Waals surface area contributed by atoms with E-state index in [4.69, 9.17) is 0 Å². The standard InChI is InChI=1S/C8H16OS2/c1-4-7(2)8(3)10-5-6-11(8)9/h7H,4-6H2,1-3H3/t7?,8-,11+/m0/s1. The molecule has 0 N–H and O–H groups in total. The molecule has 0 amide bonds. The van der Waals surface area contributed by atoms with Crippen molar-refractivity contribution in [2.24, 2.45) is 5.92 Å². The summed E-state index contributed by atoms with van der Waals surface area (Å²) in [6, 6.07) is 0. The van der Waals surface area contributed by atoms with Gasteiger partial charge in [-0.05, 0) is 12.8 Å². The third kappa shape index (κ3) is 1.64. The van der Waals surface area contributed by atoms with E-state index >= 15 is 0 Å². The molecule has 1 nitrogen and oxygen atoms in total. The molecule has 0 aromatic carbocycles. The third-order valence-electron chi connectivity index (χ3n) is 2.62. The fourth-order valence-electron chi connectivity index (χ4n) is 1.33. The second-order valence-corrected chi connectivity index (χ2v) is 6.97. The maximum absolute atomic E-state index is 11.6. The highest BCUT2D eigenvalue weighted by atomic mass is 32.2. The average Bonchev–Trinajstić information content (AvgIpc) is 2.32. The molecule has 0 aromatic rings. The molecule has 0 spiro atoms. The van der Waals surface area contributed by atoms with E-state index in [9.17, 15) is 4.21 Å². The molecule has 11 heavy (non-hydrogen) atoms. The van der Waals surface area contributed by atoms with E-state index in [0.717, 1.165) is 17.9 Å². The summed E-state index contributed by atoms with van der Waals surface area (Å²) >= 11 is 1.89. The quantitative estimate of drug-likeness (QED) is 0.667. The molecule has 0 radical (unpaired) electrons. The minimum Gasteiger partial charge on any atom is -0.258 e. The van der Waals surface area contributed by atoms with Gasteiger partial charge >= 0.3 is 0 Å². The molecule has 0 aliphatic carbocycles. The predicted molar refractivity (Wildman–Crippen MR) is 53.3 cm³/mol. The maximum Gasteiger partial charge on any atom is 0.0906 e. The predicted octanol–water partition coefficient (Wildman–Crippen LogP) is 2.24. The van der Waals surface area contributed by atoms with E-state index in [2.05, 4.69) is 20.8 Å². The van der Waals surface area contributed by atoms with Gasteiger partial charge in [0.1, 0.15) is 0 Å². The minimum absolute atomic E-state index is 0.0503. The summed E-state index contributed by atoms with van der Waals surface area (Å²) in [5.41, 5.74) is 0. The Morgan fingerprint density at radius 2 is 2.36 bits per heavy atom. The lowest BCUT2D eigenvalue weighted by molar-refractivity contribution is 0.516. The van der Waals surface area contributed by atoms with Gasteiger partial charge in [0.05, 0.1) is 4.08 Å². The van der Waals surface area contributed by atoms with Crippen LogP contribution in [0.2, 0.25) is 0 Å². The number of hydrogen-bond donors (Lipinski definition) is 0. The van der Waals surface area contributed by atoms with Crippen LogP contribution in [-0.4, -0.2) is 19.8 Å². The molecule has 1 saturated heterocycles. The molecule has 1 fully saturated rings.